The third-order valence-corrected chi connectivity index (χ3v) is 4.19. The minimum Gasteiger partial charge on any atom is -0.477 e. The summed E-state index contributed by atoms with van der Waals surface area (Å²) in [5, 5.41) is 11.7. The number of aryl methyl sites for hydroxylation is 1. The van der Waals surface area contributed by atoms with Crippen molar-refractivity contribution in [1.82, 2.24) is 4.98 Å². The SMILES string of the molecule is CCCN1C(=O)CCc2cc(NC(=O)c3cccc(C(=O)O)n3)ccc21. The number of amides is 2. The summed E-state index contributed by atoms with van der Waals surface area (Å²) < 4.78 is 0. The van der Waals surface area contributed by atoms with E-state index < -0.39 is 11.9 Å². The number of rotatable bonds is 5. The fourth-order valence-corrected chi connectivity index (χ4v) is 2.98. The van der Waals surface area contributed by atoms with E-state index >= 15 is 0 Å². The molecule has 0 unspecified atom stereocenters. The monoisotopic (exact) mass is 353 g/mol. The van der Waals surface area contributed by atoms with Gasteiger partial charge in [-0.3, -0.25) is 9.59 Å². The Hall–Kier alpha value is -3.22. The van der Waals surface area contributed by atoms with Crippen LogP contribution < -0.4 is 10.2 Å². The number of pyridine rings is 1. The van der Waals surface area contributed by atoms with Crippen LogP contribution in [0.1, 0.15) is 46.3 Å². The van der Waals surface area contributed by atoms with Crippen molar-refractivity contribution in [2.24, 2.45) is 0 Å². The summed E-state index contributed by atoms with van der Waals surface area (Å²) in [6, 6.07) is 9.69. The van der Waals surface area contributed by atoms with Crippen LogP contribution in [0.2, 0.25) is 0 Å². The molecule has 0 saturated heterocycles. The smallest absolute Gasteiger partial charge is 0.354 e. The third kappa shape index (κ3) is 3.56. The van der Waals surface area contributed by atoms with Gasteiger partial charge in [-0.1, -0.05) is 13.0 Å². The Bertz CT molecular complexity index is 879. The third-order valence-electron chi connectivity index (χ3n) is 4.19. The number of hydrogen-bond acceptors (Lipinski definition) is 4. The van der Waals surface area contributed by atoms with Gasteiger partial charge < -0.3 is 15.3 Å². The van der Waals surface area contributed by atoms with Gasteiger partial charge in [0.05, 0.1) is 0 Å². The van der Waals surface area contributed by atoms with Crippen molar-refractivity contribution in [3.05, 3.63) is 53.3 Å². The van der Waals surface area contributed by atoms with Gasteiger partial charge in [0.1, 0.15) is 11.4 Å². The number of carboxylic acids is 1. The summed E-state index contributed by atoms with van der Waals surface area (Å²) in [6.45, 7) is 2.69. The molecule has 7 heteroatoms. The standard InChI is InChI=1S/C19H19N3O4/c1-2-10-22-16-8-7-13(11-12(16)6-9-17(22)23)20-18(24)14-4-3-5-15(21-14)19(25)26/h3-5,7-8,11H,2,6,9-10H2,1H3,(H,20,24)(H,25,26). The number of benzene rings is 1. The highest BCUT2D eigenvalue weighted by Crippen LogP contribution is 2.30. The molecular formula is C19H19N3O4. The van der Waals surface area contributed by atoms with Crippen LogP contribution in [0.3, 0.4) is 0 Å². The molecule has 1 aliphatic heterocycles. The number of nitrogens with one attached hydrogen (secondary N) is 1. The molecule has 3 rings (SSSR count). The highest BCUT2D eigenvalue weighted by Gasteiger charge is 2.23. The average Bonchev–Trinajstić information content (AvgIpc) is 2.64. The first kappa shape index (κ1) is 17.6. The van der Waals surface area contributed by atoms with Gasteiger partial charge in [0.2, 0.25) is 5.91 Å². The zero-order valence-electron chi connectivity index (χ0n) is 14.4. The molecule has 2 heterocycles. The molecule has 1 aromatic carbocycles. The second-order valence-electron chi connectivity index (χ2n) is 6.06. The zero-order valence-corrected chi connectivity index (χ0v) is 14.4. The van der Waals surface area contributed by atoms with Crippen LogP contribution in [0.4, 0.5) is 11.4 Å². The highest BCUT2D eigenvalue weighted by atomic mass is 16.4. The number of hydrogen-bond donors (Lipinski definition) is 2. The molecule has 0 fully saturated rings. The molecule has 1 aromatic heterocycles. The summed E-state index contributed by atoms with van der Waals surface area (Å²) >= 11 is 0. The Balaban J connectivity index is 1.81. The molecule has 7 nitrogen and oxygen atoms in total. The minimum absolute atomic E-state index is 0.0328. The summed E-state index contributed by atoms with van der Waals surface area (Å²) in [6.07, 6.45) is 1.95. The molecule has 26 heavy (non-hydrogen) atoms. The maximum absolute atomic E-state index is 12.3. The lowest BCUT2D eigenvalue weighted by molar-refractivity contribution is -0.118. The van der Waals surface area contributed by atoms with E-state index in [-0.39, 0.29) is 17.3 Å². The van der Waals surface area contributed by atoms with Gasteiger partial charge in [-0.05, 0) is 48.7 Å². The van der Waals surface area contributed by atoms with E-state index in [9.17, 15) is 14.4 Å². The summed E-state index contributed by atoms with van der Waals surface area (Å²) in [7, 11) is 0. The molecular weight excluding hydrogens is 334 g/mol. The van der Waals surface area contributed by atoms with E-state index in [1.165, 1.54) is 18.2 Å². The fraction of sp³-hybridized carbons (Fsp3) is 0.263. The Morgan fingerprint density at radius 1 is 1.19 bits per heavy atom. The molecule has 0 aliphatic carbocycles. The Morgan fingerprint density at radius 3 is 2.69 bits per heavy atom. The van der Waals surface area contributed by atoms with Gasteiger partial charge in [-0.2, -0.15) is 0 Å². The molecule has 2 N–H and O–H groups in total. The van der Waals surface area contributed by atoms with Crippen LogP contribution in [0.25, 0.3) is 0 Å². The van der Waals surface area contributed by atoms with Crippen molar-refractivity contribution < 1.29 is 19.5 Å². The molecule has 2 amide bonds. The molecule has 0 spiro atoms. The summed E-state index contributed by atoms with van der Waals surface area (Å²) in [4.78, 5) is 41.0. The van der Waals surface area contributed by atoms with Crippen molar-refractivity contribution in [3.63, 3.8) is 0 Å². The number of nitrogens with zero attached hydrogens (tertiary/aromatic N) is 2. The van der Waals surface area contributed by atoms with Crippen LogP contribution in [0.15, 0.2) is 36.4 Å². The quantitative estimate of drug-likeness (QED) is 0.861. The summed E-state index contributed by atoms with van der Waals surface area (Å²) in [5.74, 6) is -1.55. The first-order valence-corrected chi connectivity index (χ1v) is 8.44. The largest absolute Gasteiger partial charge is 0.477 e. The fourth-order valence-electron chi connectivity index (χ4n) is 2.98. The lowest BCUT2D eigenvalue weighted by Crippen LogP contribution is -2.35. The van der Waals surface area contributed by atoms with Crippen LogP contribution in [-0.4, -0.2) is 34.4 Å². The maximum Gasteiger partial charge on any atom is 0.354 e. The lowest BCUT2D eigenvalue weighted by atomic mass is 10.00. The van der Waals surface area contributed by atoms with Crippen LogP contribution in [0, 0.1) is 0 Å². The van der Waals surface area contributed by atoms with E-state index in [0.29, 0.717) is 25.1 Å². The predicted molar refractivity (Wildman–Crippen MR) is 96.6 cm³/mol. The number of anilines is 2. The zero-order chi connectivity index (χ0) is 18.7. The Morgan fingerprint density at radius 2 is 1.96 bits per heavy atom. The molecule has 1 aliphatic rings. The molecule has 0 bridgehead atoms. The van der Waals surface area contributed by atoms with Gasteiger partial charge in [-0.25, -0.2) is 9.78 Å². The van der Waals surface area contributed by atoms with Gasteiger partial charge in [-0.15, -0.1) is 0 Å². The topological polar surface area (TPSA) is 99.6 Å². The predicted octanol–water partition coefficient (Wildman–Crippen LogP) is 2.72. The van der Waals surface area contributed by atoms with Gasteiger partial charge >= 0.3 is 5.97 Å². The van der Waals surface area contributed by atoms with E-state index in [0.717, 1.165) is 17.7 Å². The number of aromatic nitrogens is 1. The number of carbonyl (C=O) groups is 3. The van der Waals surface area contributed by atoms with Gasteiger partial charge in [0.25, 0.3) is 5.91 Å². The Kier molecular flexibility index (Phi) is 4.97. The highest BCUT2D eigenvalue weighted by molar-refractivity contribution is 6.04. The minimum atomic E-state index is -1.19. The average molecular weight is 353 g/mol. The van der Waals surface area contributed by atoms with Crippen LogP contribution >= 0.6 is 0 Å². The van der Waals surface area contributed by atoms with Gasteiger partial charge in [0, 0.05) is 24.3 Å². The first-order valence-electron chi connectivity index (χ1n) is 8.44. The molecule has 2 aromatic rings. The molecule has 0 saturated carbocycles. The van der Waals surface area contributed by atoms with E-state index in [1.54, 1.807) is 11.0 Å². The van der Waals surface area contributed by atoms with Gasteiger partial charge in [0.15, 0.2) is 0 Å². The van der Waals surface area contributed by atoms with Crippen LogP contribution in [0.5, 0.6) is 0 Å². The van der Waals surface area contributed by atoms with Crippen molar-refractivity contribution in [2.75, 3.05) is 16.8 Å². The molecule has 0 radical (unpaired) electrons. The van der Waals surface area contributed by atoms with Crippen LogP contribution in [-0.2, 0) is 11.2 Å². The van der Waals surface area contributed by atoms with E-state index in [2.05, 4.69) is 10.3 Å². The van der Waals surface area contributed by atoms with Crippen molar-refractivity contribution in [3.8, 4) is 0 Å². The maximum atomic E-state index is 12.3. The van der Waals surface area contributed by atoms with Crippen molar-refractivity contribution in [2.45, 2.75) is 26.2 Å². The number of fused-ring (bicyclic) bond motifs is 1. The van der Waals surface area contributed by atoms with E-state index in [1.807, 2.05) is 19.1 Å². The van der Waals surface area contributed by atoms with Crippen molar-refractivity contribution >= 4 is 29.2 Å². The van der Waals surface area contributed by atoms with Crippen molar-refractivity contribution in [1.29, 1.82) is 0 Å². The number of carboxylic acid groups (broad SMARTS) is 1. The number of aromatic carboxylic acids is 1. The molecule has 134 valence electrons. The molecule has 0 atom stereocenters. The lowest BCUT2D eigenvalue weighted by Gasteiger charge is -2.29. The number of carbonyl (C=O) groups excluding carboxylic acids is 2. The second-order valence-corrected chi connectivity index (χ2v) is 6.06. The van der Waals surface area contributed by atoms with E-state index in [4.69, 9.17) is 5.11 Å². The summed E-state index contributed by atoms with van der Waals surface area (Å²) in [5.41, 5.74) is 2.32. The Labute approximate surface area is 150 Å². The first-order chi connectivity index (χ1) is 12.5. The second kappa shape index (κ2) is 7.35. The normalized spacial score (nSPS) is 13.3.